The van der Waals surface area contributed by atoms with Gasteiger partial charge in [0, 0.05) is 0 Å². The fourth-order valence-electron chi connectivity index (χ4n) is 3.42. The van der Waals surface area contributed by atoms with E-state index >= 15 is 0 Å². The Hall–Kier alpha value is -1.89. The molecule has 0 aromatic heterocycles. The van der Waals surface area contributed by atoms with Crippen molar-refractivity contribution in [1.82, 2.24) is 16.0 Å². The summed E-state index contributed by atoms with van der Waals surface area (Å²) >= 11 is 1.52. The molecule has 0 saturated heterocycles. The van der Waals surface area contributed by atoms with Gasteiger partial charge in [-0.05, 0) is 76.0 Å². The summed E-state index contributed by atoms with van der Waals surface area (Å²) in [5, 5.41) is 17.4. The Labute approximate surface area is 213 Å². The lowest BCUT2D eigenvalue weighted by Crippen LogP contribution is -2.57. The van der Waals surface area contributed by atoms with Crippen molar-refractivity contribution in [2.75, 3.05) is 25.1 Å². The molecule has 0 spiro atoms. The zero-order valence-electron chi connectivity index (χ0n) is 21.4. The molecule has 0 aromatic carbocycles. The largest absolute Gasteiger partial charge is 0.480 e. The minimum absolute atomic E-state index is 0.0573. The smallest absolute Gasteiger partial charge is 0.326 e. The lowest BCUT2D eigenvalue weighted by molar-refractivity contribution is -0.142. The number of rotatable bonds is 20. The van der Waals surface area contributed by atoms with Crippen LogP contribution >= 0.6 is 11.8 Å². The third kappa shape index (κ3) is 15.0. The Bertz CT molecular complexity index is 652. The van der Waals surface area contributed by atoms with Crippen molar-refractivity contribution >= 4 is 35.5 Å². The minimum Gasteiger partial charge on any atom is -0.480 e. The summed E-state index contributed by atoms with van der Waals surface area (Å²) in [4.78, 5) is 50.2. The molecule has 0 aliphatic heterocycles. The van der Waals surface area contributed by atoms with Crippen LogP contribution in [0.25, 0.3) is 0 Å². The molecule has 204 valence electrons. The van der Waals surface area contributed by atoms with Crippen LogP contribution in [0.3, 0.4) is 0 Å². The topological polar surface area (TPSA) is 203 Å². The van der Waals surface area contributed by atoms with Gasteiger partial charge >= 0.3 is 5.97 Å². The first-order valence-electron chi connectivity index (χ1n) is 12.4. The SMILES string of the molecule is CSCCC(NC(=O)C(N)CCCCN)C(=O)NC(CCCCN)C(=O)NC(CC(C)C)C(=O)O. The summed E-state index contributed by atoms with van der Waals surface area (Å²) in [6, 6.07) is -3.64. The second-order valence-corrected chi connectivity index (χ2v) is 10.1. The Morgan fingerprint density at radius 1 is 0.771 bits per heavy atom. The van der Waals surface area contributed by atoms with Gasteiger partial charge in [0.1, 0.15) is 18.1 Å². The summed E-state index contributed by atoms with van der Waals surface area (Å²) in [6.07, 6.45) is 5.95. The van der Waals surface area contributed by atoms with Crippen molar-refractivity contribution in [2.24, 2.45) is 23.1 Å². The molecule has 0 aromatic rings. The van der Waals surface area contributed by atoms with E-state index in [1.54, 1.807) is 0 Å². The minimum atomic E-state index is -1.13. The molecular weight excluding hydrogens is 472 g/mol. The summed E-state index contributed by atoms with van der Waals surface area (Å²) in [7, 11) is 0. The number of hydrogen-bond donors (Lipinski definition) is 7. The monoisotopic (exact) mass is 518 g/mol. The maximum Gasteiger partial charge on any atom is 0.326 e. The predicted octanol–water partition coefficient (Wildman–Crippen LogP) is -0.0901. The van der Waals surface area contributed by atoms with Crippen LogP contribution in [0, 0.1) is 5.92 Å². The first-order valence-corrected chi connectivity index (χ1v) is 13.7. The molecule has 12 heteroatoms. The molecule has 11 nitrogen and oxygen atoms in total. The van der Waals surface area contributed by atoms with Crippen molar-refractivity contribution < 1.29 is 24.3 Å². The molecule has 4 unspecified atom stereocenters. The van der Waals surface area contributed by atoms with Crippen molar-refractivity contribution in [2.45, 2.75) is 89.4 Å². The fraction of sp³-hybridized carbons (Fsp3) is 0.826. The van der Waals surface area contributed by atoms with E-state index in [1.165, 1.54) is 11.8 Å². The summed E-state index contributed by atoms with van der Waals surface area (Å²) in [6.45, 7) is 4.67. The zero-order chi connectivity index (χ0) is 26.8. The molecule has 35 heavy (non-hydrogen) atoms. The average Bonchev–Trinajstić information content (AvgIpc) is 2.80. The molecule has 0 rings (SSSR count). The number of nitrogens with one attached hydrogen (secondary N) is 3. The lowest BCUT2D eigenvalue weighted by atomic mass is 10.0. The normalized spacial score (nSPS) is 14.6. The van der Waals surface area contributed by atoms with Crippen molar-refractivity contribution in [3.05, 3.63) is 0 Å². The standard InChI is InChI=1S/C23H46N6O5S/c1-15(2)14-19(23(33)34)29-21(31)17(9-5-7-12-25)28-22(32)18(10-13-35-3)27-20(30)16(26)8-4-6-11-24/h15-19H,4-14,24-26H2,1-3H3,(H,27,30)(H,28,32)(H,29,31)(H,33,34). The van der Waals surface area contributed by atoms with Gasteiger partial charge in [-0.3, -0.25) is 14.4 Å². The Balaban J connectivity index is 5.40. The molecule has 0 heterocycles. The summed E-state index contributed by atoms with van der Waals surface area (Å²) < 4.78 is 0. The van der Waals surface area contributed by atoms with Gasteiger partial charge in [-0.15, -0.1) is 0 Å². The van der Waals surface area contributed by atoms with Gasteiger partial charge in [-0.1, -0.05) is 20.3 Å². The number of carbonyl (C=O) groups is 4. The number of nitrogens with two attached hydrogens (primary N) is 3. The first kappa shape index (κ1) is 33.1. The van der Waals surface area contributed by atoms with Gasteiger partial charge in [0.05, 0.1) is 6.04 Å². The number of carbonyl (C=O) groups excluding carboxylic acids is 3. The average molecular weight is 519 g/mol. The molecule has 4 atom stereocenters. The van der Waals surface area contributed by atoms with Gasteiger partial charge in [-0.25, -0.2) is 4.79 Å². The van der Waals surface area contributed by atoms with E-state index in [1.807, 2.05) is 20.1 Å². The van der Waals surface area contributed by atoms with E-state index in [2.05, 4.69) is 16.0 Å². The third-order valence-electron chi connectivity index (χ3n) is 5.45. The molecule has 0 fully saturated rings. The van der Waals surface area contributed by atoms with Crippen LogP contribution < -0.4 is 33.2 Å². The van der Waals surface area contributed by atoms with Gasteiger partial charge in [0.15, 0.2) is 0 Å². The highest BCUT2D eigenvalue weighted by molar-refractivity contribution is 7.98. The molecule has 10 N–H and O–H groups in total. The lowest BCUT2D eigenvalue weighted by Gasteiger charge is -2.25. The number of thioether (sulfide) groups is 1. The highest BCUT2D eigenvalue weighted by Gasteiger charge is 2.30. The number of carboxylic acids is 1. The van der Waals surface area contributed by atoms with Crippen LogP contribution in [0.2, 0.25) is 0 Å². The fourth-order valence-corrected chi connectivity index (χ4v) is 3.89. The second kappa shape index (κ2) is 19.3. The van der Waals surface area contributed by atoms with Crippen LogP contribution in [0.5, 0.6) is 0 Å². The quantitative estimate of drug-likeness (QED) is 0.107. The van der Waals surface area contributed by atoms with Crippen molar-refractivity contribution in [1.29, 1.82) is 0 Å². The number of carboxylic acid groups (broad SMARTS) is 1. The zero-order valence-corrected chi connectivity index (χ0v) is 22.2. The Morgan fingerprint density at radius 3 is 1.74 bits per heavy atom. The Kier molecular flexibility index (Phi) is 18.3. The molecule has 0 bridgehead atoms. The van der Waals surface area contributed by atoms with E-state index in [-0.39, 0.29) is 12.3 Å². The van der Waals surface area contributed by atoms with Crippen LogP contribution in [0.15, 0.2) is 0 Å². The number of amides is 3. The molecule has 0 aliphatic carbocycles. The number of hydrogen-bond acceptors (Lipinski definition) is 8. The van der Waals surface area contributed by atoms with Gasteiger partial charge in [0.25, 0.3) is 0 Å². The van der Waals surface area contributed by atoms with E-state index in [9.17, 15) is 24.3 Å². The first-order chi connectivity index (χ1) is 16.6. The molecule has 0 aliphatic rings. The van der Waals surface area contributed by atoms with Crippen molar-refractivity contribution in [3.8, 4) is 0 Å². The number of unbranched alkanes of at least 4 members (excludes halogenated alkanes) is 2. The summed E-state index contributed by atoms with van der Waals surface area (Å²) in [5.74, 6) is -1.98. The Morgan fingerprint density at radius 2 is 1.26 bits per heavy atom. The van der Waals surface area contributed by atoms with Crippen LogP contribution in [0.4, 0.5) is 0 Å². The van der Waals surface area contributed by atoms with E-state index < -0.39 is 47.9 Å². The maximum absolute atomic E-state index is 13.1. The third-order valence-corrected chi connectivity index (χ3v) is 6.10. The van der Waals surface area contributed by atoms with Gasteiger partial charge < -0.3 is 38.3 Å². The van der Waals surface area contributed by atoms with Crippen LogP contribution in [-0.4, -0.2) is 78.1 Å². The van der Waals surface area contributed by atoms with E-state index in [0.29, 0.717) is 57.4 Å². The predicted molar refractivity (Wildman–Crippen MR) is 140 cm³/mol. The maximum atomic E-state index is 13.1. The van der Waals surface area contributed by atoms with Gasteiger partial charge in [0.2, 0.25) is 17.7 Å². The second-order valence-electron chi connectivity index (χ2n) is 9.11. The highest BCUT2D eigenvalue weighted by atomic mass is 32.2. The van der Waals surface area contributed by atoms with Gasteiger partial charge in [-0.2, -0.15) is 11.8 Å². The van der Waals surface area contributed by atoms with E-state index in [0.717, 1.165) is 6.42 Å². The summed E-state index contributed by atoms with van der Waals surface area (Å²) in [5.41, 5.74) is 17.0. The molecule has 0 saturated carbocycles. The van der Waals surface area contributed by atoms with Crippen LogP contribution in [-0.2, 0) is 19.2 Å². The van der Waals surface area contributed by atoms with Crippen LogP contribution in [0.1, 0.15) is 65.2 Å². The number of aliphatic carboxylic acids is 1. The molecule has 3 amide bonds. The van der Waals surface area contributed by atoms with Crippen molar-refractivity contribution in [3.63, 3.8) is 0 Å². The van der Waals surface area contributed by atoms with E-state index in [4.69, 9.17) is 17.2 Å². The molecular formula is C23H46N6O5S. The molecule has 0 radical (unpaired) electrons. The highest BCUT2D eigenvalue weighted by Crippen LogP contribution is 2.09.